The first-order valence-corrected chi connectivity index (χ1v) is 17.4. The summed E-state index contributed by atoms with van der Waals surface area (Å²) >= 11 is 0. The van der Waals surface area contributed by atoms with Gasteiger partial charge in [-0.3, -0.25) is 48.6 Å². The minimum atomic E-state index is -2.18. The van der Waals surface area contributed by atoms with Crippen molar-refractivity contribution >= 4 is 47.5 Å². The molecular formula is C35H53N8O9. The summed E-state index contributed by atoms with van der Waals surface area (Å²) in [6.45, 7) is 4.09. The third-order valence-electron chi connectivity index (χ3n) is 9.17. The Labute approximate surface area is 303 Å². The lowest BCUT2D eigenvalue weighted by molar-refractivity contribution is -0.160. The van der Waals surface area contributed by atoms with Gasteiger partial charge in [-0.05, 0) is 56.6 Å². The molecular weight excluding hydrogens is 676 g/mol. The number of carbonyl (C=O) groups is 7. The highest BCUT2D eigenvalue weighted by Gasteiger charge is 2.57. The number of hydrogen-bond acceptors (Lipinski definition) is 12. The number of benzene rings is 1. The molecule has 1 saturated heterocycles. The molecule has 1 aromatic rings. The third-order valence-corrected chi connectivity index (χ3v) is 9.17. The Morgan fingerprint density at radius 2 is 1.71 bits per heavy atom. The van der Waals surface area contributed by atoms with Gasteiger partial charge < -0.3 is 38.3 Å². The van der Waals surface area contributed by atoms with Crippen molar-refractivity contribution in [2.45, 2.75) is 108 Å². The number of primary amides is 2. The van der Waals surface area contributed by atoms with Crippen LogP contribution in [0.5, 0.6) is 0 Å². The second-order valence-corrected chi connectivity index (χ2v) is 13.3. The lowest BCUT2D eigenvalue weighted by Crippen LogP contribution is -2.72. The van der Waals surface area contributed by atoms with Crippen molar-refractivity contribution in [1.29, 1.82) is 0 Å². The zero-order valence-electron chi connectivity index (χ0n) is 30.1. The summed E-state index contributed by atoms with van der Waals surface area (Å²) in [6, 6.07) is 4.20. The summed E-state index contributed by atoms with van der Waals surface area (Å²) in [6.07, 6.45) is 0.806. The van der Waals surface area contributed by atoms with Gasteiger partial charge in [0.15, 0.2) is 17.0 Å². The molecule has 17 nitrogen and oxygen atoms in total. The average Bonchev–Trinajstić information content (AvgIpc) is 3.61. The van der Waals surface area contributed by atoms with E-state index in [9.17, 15) is 43.5 Å². The van der Waals surface area contributed by atoms with Crippen molar-refractivity contribution in [2.24, 2.45) is 28.9 Å². The van der Waals surface area contributed by atoms with Crippen LogP contribution in [-0.2, 0) is 44.8 Å². The highest BCUT2D eigenvalue weighted by atomic mass is 16.3. The molecule has 1 aliphatic heterocycles. The molecule has 1 aliphatic rings. The molecule has 17 heteroatoms. The van der Waals surface area contributed by atoms with Crippen LogP contribution in [0.15, 0.2) is 30.3 Å². The standard InChI is InChI=1S/C35H53N8O9/c1-4-10-29(48)43(32(51)25(14-15-27(37)46)41-31(50)24(36)20-44)26(19-28(38)47)30(49)34(16-9-17-40-34)33(52)42(35(39,21-45)22(2)3)18-8-13-23-11-6-5-7-12-23/h5-7,11-12,22,24-26,40,44H,4,8-10,13-20,36,39H2,1-3H3,(H2,37,46)(H2,38,47)(H,41,50)/t24-,25-,26-,34+,35+/m0/s1. The number of aliphatic hydroxyl groups is 1. The first kappa shape index (κ1) is 43.6. The Hall–Kier alpha value is -4.58. The molecule has 0 aromatic heterocycles. The van der Waals surface area contributed by atoms with Crippen molar-refractivity contribution in [3.05, 3.63) is 35.9 Å². The maximum atomic E-state index is 14.9. The topological polar surface area (TPSA) is 291 Å². The van der Waals surface area contributed by atoms with Crippen LogP contribution in [0.25, 0.3) is 0 Å². The number of nitrogens with one attached hydrogen (secondary N) is 2. The van der Waals surface area contributed by atoms with Crippen molar-refractivity contribution in [3.8, 4) is 0 Å². The number of ketones is 1. The number of aliphatic hydroxyl groups excluding tert-OH is 1. The zero-order chi connectivity index (χ0) is 39.2. The van der Waals surface area contributed by atoms with E-state index in [1.54, 1.807) is 27.1 Å². The van der Waals surface area contributed by atoms with Gasteiger partial charge in [-0.25, -0.2) is 0 Å². The van der Waals surface area contributed by atoms with Crippen LogP contribution in [0, 0.1) is 5.92 Å². The molecule has 0 spiro atoms. The van der Waals surface area contributed by atoms with Gasteiger partial charge in [0.1, 0.15) is 18.1 Å². The average molecular weight is 730 g/mol. The van der Waals surface area contributed by atoms with Crippen molar-refractivity contribution in [1.82, 2.24) is 20.4 Å². The molecule has 2 rings (SSSR count). The van der Waals surface area contributed by atoms with Crippen LogP contribution in [0.2, 0.25) is 0 Å². The van der Waals surface area contributed by atoms with Crippen molar-refractivity contribution in [3.63, 3.8) is 0 Å². The summed E-state index contributed by atoms with van der Waals surface area (Å²) in [5.74, 6) is -7.77. The molecule has 5 atom stereocenters. The Balaban J connectivity index is 2.73. The molecule has 287 valence electrons. The second kappa shape index (κ2) is 19.9. The number of imide groups is 1. The number of hydrogen-bond donors (Lipinski definition) is 7. The zero-order valence-corrected chi connectivity index (χ0v) is 30.1. The maximum Gasteiger partial charge on any atom is 0.252 e. The fourth-order valence-corrected chi connectivity index (χ4v) is 6.13. The van der Waals surface area contributed by atoms with Crippen LogP contribution < -0.4 is 33.6 Å². The van der Waals surface area contributed by atoms with E-state index in [1.807, 2.05) is 30.3 Å². The molecule has 1 radical (unpaired) electrons. The number of carbonyl (C=O) groups excluding carboxylic acids is 8. The molecule has 1 aromatic carbocycles. The lowest BCUT2D eigenvalue weighted by Gasteiger charge is -2.44. The SMILES string of the molecule is CCCC(=O)N(C(=O)[C@H](CCC(N)=O)NC(=O)[C@@H](N)CO)[C@@H](CC(N)=O)C(=O)[C@@]1(C(=O)N(CCCc2ccccc2)[C@](N)([C]=O)C(C)C)CCCN1. The fraction of sp³-hybridized carbons (Fsp3) is 0.600. The first-order valence-electron chi connectivity index (χ1n) is 17.4. The van der Waals surface area contributed by atoms with E-state index in [2.05, 4.69) is 10.6 Å². The second-order valence-electron chi connectivity index (χ2n) is 13.3. The molecule has 1 fully saturated rings. The summed E-state index contributed by atoms with van der Waals surface area (Å²) in [4.78, 5) is 109. The van der Waals surface area contributed by atoms with Gasteiger partial charge in [0.2, 0.25) is 29.9 Å². The van der Waals surface area contributed by atoms with Gasteiger partial charge in [-0.15, -0.1) is 0 Å². The Kier molecular flexibility index (Phi) is 16.7. The van der Waals surface area contributed by atoms with Gasteiger partial charge in [-0.2, -0.15) is 0 Å². The van der Waals surface area contributed by atoms with Crippen molar-refractivity contribution in [2.75, 3.05) is 19.7 Å². The van der Waals surface area contributed by atoms with E-state index >= 15 is 0 Å². The highest BCUT2D eigenvalue weighted by molar-refractivity contribution is 6.17. The van der Waals surface area contributed by atoms with Crippen molar-refractivity contribution < 1.29 is 43.5 Å². The number of amides is 6. The maximum absolute atomic E-state index is 14.9. The number of nitrogens with zero attached hydrogens (tertiary/aromatic N) is 2. The summed E-state index contributed by atoms with van der Waals surface area (Å²) in [5.41, 5.74) is 19.8. The Morgan fingerprint density at radius 1 is 1.06 bits per heavy atom. The Morgan fingerprint density at radius 3 is 2.21 bits per heavy atom. The summed E-state index contributed by atoms with van der Waals surface area (Å²) < 4.78 is 0. The van der Waals surface area contributed by atoms with Crippen LogP contribution >= 0.6 is 0 Å². The van der Waals surface area contributed by atoms with Gasteiger partial charge in [0.05, 0.1) is 13.0 Å². The van der Waals surface area contributed by atoms with Gasteiger partial charge in [0, 0.05) is 19.4 Å². The van der Waals surface area contributed by atoms with E-state index < -0.39 is 102 Å². The van der Waals surface area contributed by atoms with E-state index in [-0.39, 0.29) is 38.8 Å². The minimum absolute atomic E-state index is 0.0847. The van der Waals surface area contributed by atoms with E-state index in [0.29, 0.717) is 17.7 Å². The van der Waals surface area contributed by atoms with Gasteiger partial charge >= 0.3 is 0 Å². The Bertz CT molecular complexity index is 1450. The summed E-state index contributed by atoms with van der Waals surface area (Å²) in [5, 5.41) is 14.6. The molecule has 0 bridgehead atoms. The molecule has 52 heavy (non-hydrogen) atoms. The molecule has 0 aliphatic carbocycles. The van der Waals surface area contributed by atoms with Gasteiger partial charge in [-0.1, -0.05) is 51.1 Å². The number of Topliss-reactive ketones (excluding diaryl/α,β-unsaturated/α-hetero) is 1. The molecule has 1 heterocycles. The lowest BCUT2D eigenvalue weighted by atomic mass is 9.82. The van der Waals surface area contributed by atoms with E-state index in [4.69, 9.17) is 22.9 Å². The van der Waals surface area contributed by atoms with Crippen LogP contribution in [-0.4, -0.2) is 111 Å². The number of rotatable bonds is 22. The molecule has 11 N–H and O–H groups in total. The molecule has 0 unspecified atom stereocenters. The number of nitrogens with two attached hydrogens (primary N) is 4. The highest BCUT2D eigenvalue weighted by Crippen LogP contribution is 2.32. The van der Waals surface area contributed by atoms with Crippen LogP contribution in [0.3, 0.4) is 0 Å². The predicted octanol–water partition coefficient (Wildman–Crippen LogP) is -1.97. The van der Waals surface area contributed by atoms with Gasteiger partial charge in [0.25, 0.3) is 11.8 Å². The van der Waals surface area contributed by atoms with E-state index in [0.717, 1.165) is 10.5 Å². The molecule has 6 amide bonds. The minimum Gasteiger partial charge on any atom is -0.394 e. The predicted molar refractivity (Wildman–Crippen MR) is 189 cm³/mol. The van der Waals surface area contributed by atoms with Crippen LogP contribution in [0.4, 0.5) is 0 Å². The fourth-order valence-electron chi connectivity index (χ4n) is 6.13. The largest absolute Gasteiger partial charge is 0.394 e. The smallest absolute Gasteiger partial charge is 0.252 e. The summed E-state index contributed by atoms with van der Waals surface area (Å²) in [7, 11) is 0. The monoisotopic (exact) mass is 729 g/mol. The number of aryl methyl sites for hydroxylation is 1. The third kappa shape index (κ3) is 10.7. The van der Waals surface area contributed by atoms with E-state index in [1.165, 1.54) is 0 Å². The molecule has 0 saturated carbocycles. The first-order chi connectivity index (χ1) is 24.5. The quantitative estimate of drug-likeness (QED) is 0.0505. The normalized spacial score (nSPS) is 18.4. The van der Waals surface area contributed by atoms with Crippen LogP contribution in [0.1, 0.15) is 77.7 Å².